The topological polar surface area (TPSA) is 38.9 Å². The summed E-state index contributed by atoms with van der Waals surface area (Å²) in [5, 5.41) is 1.40. The van der Waals surface area contributed by atoms with Crippen LogP contribution in [0, 0.1) is 5.92 Å². The Hall–Kier alpha value is -0.410. The molecule has 1 unspecified atom stereocenters. The van der Waals surface area contributed by atoms with Gasteiger partial charge in [-0.05, 0) is 50.4 Å². The summed E-state index contributed by atoms with van der Waals surface area (Å²) in [6.07, 6.45) is 21.3. The Morgan fingerprint density at radius 1 is 0.833 bits per heavy atom. The Kier molecular flexibility index (Phi) is 5.29. The van der Waals surface area contributed by atoms with Gasteiger partial charge in [-0.2, -0.15) is 0 Å². The molecular weight excluding hydrogens is 312 g/mol. The van der Waals surface area contributed by atoms with Crippen molar-refractivity contribution in [1.29, 1.82) is 0 Å². The van der Waals surface area contributed by atoms with Gasteiger partial charge in [0.2, 0.25) is 0 Å². The van der Waals surface area contributed by atoms with Gasteiger partial charge in [0.1, 0.15) is 0 Å². The molecule has 1 aromatic rings. The Morgan fingerprint density at radius 3 is 2.21 bits per heavy atom. The molecule has 0 radical (unpaired) electrons. The molecule has 0 saturated heterocycles. The maximum atomic E-state index is 6.78. The molecule has 0 spiro atoms. The Labute approximate surface area is 151 Å². The van der Waals surface area contributed by atoms with Crippen LogP contribution in [0.25, 0.3) is 0 Å². The van der Waals surface area contributed by atoms with Gasteiger partial charge in [-0.15, -0.1) is 11.3 Å². The SMILES string of the molecule is NC12CC(CCCCCCCCCC(c3ncc(C4CC4)s3)C1)C2. The lowest BCUT2D eigenvalue weighted by Gasteiger charge is -2.47. The Morgan fingerprint density at radius 2 is 1.50 bits per heavy atom. The highest BCUT2D eigenvalue weighted by atomic mass is 32.1. The van der Waals surface area contributed by atoms with E-state index in [-0.39, 0.29) is 5.54 Å². The van der Waals surface area contributed by atoms with E-state index in [0.29, 0.717) is 5.92 Å². The monoisotopic (exact) mass is 346 g/mol. The number of aromatic nitrogens is 1. The predicted molar refractivity (Wildman–Crippen MR) is 103 cm³/mol. The van der Waals surface area contributed by atoms with E-state index >= 15 is 0 Å². The fourth-order valence-corrected chi connectivity index (χ4v) is 6.24. The van der Waals surface area contributed by atoms with E-state index < -0.39 is 0 Å². The third-order valence-corrected chi connectivity index (χ3v) is 7.90. The average Bonchev–Trinajstić information content (AvgIpc) is 3.27. The van der Waals surface area contributed by atoms with Gasteiger partial charge in [0, 0.05) is 22.5 Å². The summed E-state index contributed by atoms with van der Waals surface area (Å²) >= 11 is 2.01. The summed E-state index contributed by atoms with van der Waals surface area (Å²) in [6.45, 7) is 0. The lowest BCUT2D eigenvalue weighted by atomic mass is 9.63. The Balaban J connectivity index is 1.42. The molecule has 5 rings (SSSR count). The van der Waals surface area contributed by atoms with Crippen molar-refractivity contribution in [1.82, 2.24) is 4.98 Å². The summed E-state index contributed by atoms with van der Waals surface area (Å²) in [6, 6.07) is 0. The molecule has 4 aliphatic rings. The highest BCUT2D eigenvalue weighted by Crippen LogP contribution is 2.48. The zero-order chi connectivity index (χ0) is 16.4. The molecule has 0 aliphatic heterocycles. The molecular formula is C21H34N2S. The van der Waals surface area contributed by atoms with Crippen LogP contribution >= 0.6 is 11.3 Å². The lowest BCUT2D eigenvalue weighted by molar-refractivity contribution is 0.115. The molecule has 4 aliphatic carbocycles. The van der Waals surface area contributed by atoms with E-state index in [1.807, 2.05) is 11.3 Å². The second-order valence-corrected chi connectivity index (χ2v) is 10.1. The summed E-state index contributed by atoms with van der Waals surface area (Å²) in [4.78, 5) is 6.39. The van der Waals surface area contributed by atoms with Gasteiger partial charge in [-0.1, -0.05) is 51.4 Å². The molecule has 2 nitrogen and oxygen atoms in total. The number of nitrogens with zero attached hydrogens (tertiary/aromatic N) is 1. The molecule has 0 amide bonds. The van der Waals surface area contributed by atoms with Crippen LogP contribution in [0.3, 0.4) is 0 Å². The quantitative estimate of drug-likeness (QED) is 0.700. The zero-order valence-electron chi connectivity index (χ0n) is 15.1. The average molecular weight is 347 g/mol. The maximum Gasteiger partial charge on any atom is 0.0959 e. The van der Waals surface area contributed by atoms with Gasteiger partial charge in [-0.25, -0.2) is 4.98 Å². The Bertz CT molecular complexity index is 528. The molecule has 4 saturated carbocycles. The number of hydrogen-bond donors (Lipinski definition) is 1. The van der Waals surface area contributed by atoms with Crippen molar-refractivity contribution >= 4 is 11.3 Å². The van der Waals surface area contributed by atoms with Gasteiger partial charge in [0.05, 0.1) is 5.01 Å². The largest absolute Gasteiger partial charge is 0.325 e. The molecule has 3 heteroatoms. The van der Waals surface area contributed by atoms with Gasteiger partial charge in [-0.3, -0.25) is 0 Å². The molecule has 1 atom stereocenters. The van der Waals surface area contributed by atoms with Gasteiger partial charge in [0.25, 0.3) is 0 Å². The highest BCUT2D eigenvalue weighted by molar-refractivity contribution is 7.11. The van der Waals surface area contributed by atoms with E-state index in [1.54, 1.807) is 4.88 Å². The van der Waals surface area contributed by atoms with Gasteiger partial charge < -0.3 is 5.73 Å². The van der Waals surface area contributed by atoms with Crippen molar-refractivity contribution in [2.75, 3.05) is 0 Å². The van der Waals surface area contributed by atoms with Crippen molar-refractivity contribution in [3.05, 3.63) is 16.1 Å². The van der Waals surface area contributed by atoms with Crippen LogP contribution in [-0.2, 0) is 0 Å². The van der Waals surface area contributed by atoms with Crippen LogP contribution in [0.4, 0.5) is 0 Å². The molecule has 134 valence electrons. The first-order chi connectivity index (χ1) is 11.7. The molecule has 24 heavy (non-hydrogen) atoms. The van der Waals surface area contributed by atoms with E-state index in [0.717, 1.165) is 11.8 Å². The summed E-state index contributed by atoms with van der Waals surface area (Å²) in [7, 11) is 0. The third-order valence-electron chi connectivity index (χ3n) is 6.58. The van der Waals surface area contributed by atoms with E-state index in [1.165, 1.54) is 94.9 Å². The van der Waals surface area contributed by atoms with Crippen LogP contribution in [0.5, 0.6) is 0 Å². The third kappa shape index (κ3) is 4.22. The smallest absolute Gasteiger partial charge is 0.0959 e. The lowest BCUT2D eigenvalue weighted by Crippen LogP contribution is -2.52. The first kappa shape index (κ1) is 17.0. The molecule has 1 heterocycles. The standard InChI is InChI=1S/C21H34N2S/c22-21-12-16(13-21)8-6-4-2-1-3-5-7-9-18(14-21)20-23-15-19(24-20)17-10-11-17/h15-18H,1-14,22H2. The van der Waals surface area contributed by atoms with Crippen molar-refractivity contribution in [2.24, 2.45) is 11.7 Å². The fourth-order valence-electron chi connectivity index (χ4n) is 5.02. The highest BCUT2D eigenvalue weighted by Gasteiger charge is 2.42. The van der Waals surface area contributed by atoms with E-state index in [2.05, 4.69) is 6.20 Å². The number of hydrogen-bond acceptors (Lipinski definition) is 3. The van der Waals surface area contributed by atoms with Crippen molar-refractivity contribution in [3.63, 3.8) is 0 Å². The van der Waals surface area contributed by atoms with Crippen LogP contribution in [0.1, 0.15) is 112 Å². The maximum absolute atomic E-state index is 6.78. The second kappa shape index (κ2) is 7.45. The van der Waals surface area contributed by atoms with Crippen molar-refractivity contribution < 1.29 is 0 Å². The predicted octanol–water partition coefficient (Wildman–Crippen LogP) is 6.13. The molecule has 1 aromatic heterocycles. The number of fused-ring (bicyclic) bond motifs is 10. The summed E-state index contributed by atoms with van der Waals surface area (Å²) < 4.78 is 0. The van der Waals surface area contributed by atoms with Crippen molar-refractivity contribution in [3.8, 4) is 0 Å². The van der Waals surface area contributed by atoms with Crippen LogP contribution in [0.2, 0.25) is 0 Å². The second-order valence-electron chi connectivity index (χ2n) is 8.97. The van der Waals surface area contributed by atoms with Gasteiger partial charge in [0.15, 0.2) is 0 Å². The van der Waals surface area contributed by atoms with E-state index in [4.69, 9.17) is 10.7 Å². The first-order valence-corrected chi connectivity index (χ1v) is 11.3. The van der Waals surface area contributed by atoms with Crippen LogP contribution in [0.15, 0.2) is 6.20 Å². The zero-order valence-corrected chi connectivity index (χ0v) is 16.0. The minimum atomic E-state index is 0.116. The van der Waals surface area contributed by atoms with Crippen LogP contribution in [-0.4, -0.2) is 10.5 Å². The minimum absolute atomic E-state index is 0.116. The molecule has 2 N–H and O–H groups in total. The first-order valence-electron chi connectivity index (χ1n) is 10.5. The summed E-state index contributed by atoms with van der Waals surface area (Å²) in [5.41, 5.74) is 6.89. The van der Waals surface area contributed by atoms with E-state index in [9.17, 15) is 0 Å². The minimum Gasteiger partial charge on any atom is -0.325 e. The summed E-state index contributed by atoms with van der Waals surface area (Å²) in [5.74, 6) is 2.38. The van der Waals surface area contributed by atoms with Crippen LogP contribution < -0.4 is 5.73 Å². The number of nitrogens with two attached hydrogens (primary N) is 1. The fraction of sp³-hybridized carbons (Fsp3) is 0.857. The molecule has 2 bridgehead atoms. The van der Waals surface area contributed by atoms with Crippen molar-refractivity contribution in [2.45, 2.75) is 107 Å². The molecule has 0 aromatic carbocycles. The number of thiazole rings is 1. The van der Waals surface area contributed by atoms with Gasteiger partial charge >= 0.3 is 0 Å². The normalized spacial score (nSPS) is 35.9. The number of rotatable bonds is 2. The molecule has 4 fully saturated rings.